The lowest BCUT2D eigenvalue weighted by Crippen LogP contribution is -2.38. The van der Waals surface area contributed by atoms with Crippen LogP contribution in [0.4, 0.5) is 17.6 Å². The Morgan fingerprint density at radius 2 is 1.86 bits per heavy atom. The van der Waals surface area contributed by atoms with Gasteiger partial charge in [-0.05, 0) is 37.1 Å². The number of alkyl halides is 3. The second kappa shape index (κ2) is 8.90. The van der Waals surface area contributed by atoms with Gasteiger partial charge in [-0.2, -0.15) is 18.3 Å². The van der Waals surface area contributed by atoms with Gasteiger partial charge in [0.05, 0.1) is 23.1 Å². The van der Waals surface area contributed by atoms with E-state index in [1.807, 2.05) is 0 Å². The molecular weight excluding hydrogens is 464 g/mol. The molecule has 0 unspecified atom stereocenters. The number of benzene rings is 1. The highest BCUT2D eigenvalue weighted by molar-refractivity contribution is 5.96. The number of hydrogen-bond donors (Lipinski definition) is 1. The number of halogens is 4. The van der Waals surface area contributed by atoms with Crippen molar-refractivity contribution in [2.24, 2.45) is 0 Å². The SMILES string of the molecule is O=C(N[C@@H](c1cccnc1)C(F)(F)F)c1cnn(-c2nccc(-c3ccccc3F)n2)c1C1CC1. The summed E-state index contributed by atoms with van der Waals surface area (Å²) in [5.41, 5.74) is 0.810. The van der Waals surface area contributed by atoms with Crippen LogP contribution in [0, 0.1) is 5.82 Å². The minimum absolute atomic E-state index is 0.00513. The second-order valence-corrected chi connectivity index (χ2v) is 8.09. The van der Waals surface area contributed by atoms with Crippen LogP contribution in [0.1, 0.15) is 46.4 Å². The van der Waals surface area contributed by atoms with Crippen LogP contribution >= 0.6 is 0 Å². The van der Waals surface area contributed by atoms with Crippen molar-refractivity contribution in [1.82, 2.24) is 30.0 Å². The van der Waals surface area contributed by atoms with Crippen LogP contribution in [0.3, 0.4) is 0 Å². The van der Waals surface area contributed by atoms with E-state index in [2.05, 4.69) is 25.4 Å². The van der Waals surface area contributed by atoms with Crippen LogP contribution in [0.25, 0.3) is 17.2 Å². The Hall–Kier alpha value is -4.15. The maximum absolute atomic E-state index is 14.3. The summed E-state index contributed by atoms with van der Waals surface area (Å²) in [5.74, 6) is -1.38. The molecule has 0 spiro atoms. The van der Waals surface area contributed by atoms with Gasteiger partial charge in [0.2, 0.25) is 0 Å². The molecule has 35 heavy (non-hydrogen) atoms. The van der Waals surface area contributed by atoms with E-state index in [4.69, 9.17) is 0 Å². The van der Waals surface area contributed by atoms with Crippen LogP contribution < -0.4 is 5.32 Å². The van der Waals surface area contributed by atoms with Crippen LogP contribution in [0.2, 0.25) is 0 Å². The van der Waals surface area contributed by atoms with Gasteiger partial charge in [0.1, 0.15) is 5.82 Å². The van der Waals surface area contributed by atoms with Gasteiger partial charge in [-0.1, -0.05) is 18.2 Å². The van der Waals surface area contributed by atoms with Crippen molar-refractivity contribution < 1.29 is 22.4 Å². The van der Waals surface area contributed by atoms with E-state index in [0.29, 0.717) is 11.4 Å². The third kappa shape index (κ3) is 4.61. The summed E-state index contributed by atoms with van der Waals surface area (Å²) in [6.45, 7) is 0. The normalized spacial score (nSPS) is 14.5. The van der Waals surface area contributed by atoms with E-state index < -0.39 is 23.9 Å². The molecule has 5 rings (SSSR count). The number of nitrogens with zero attached hydrogens (tertiary/aromatic N) is 5. The number of carbonyl (C=O) groups excluding carboxylic acids is 1. The summed E-state index contributed by atoms with van der Waals surface area (Å²) in [5, 5.41) is 6.29. The van der Waals surface area contributed by atoms with Crippen molar-refractivity contribution in [1.29, 1.82) is 0 Å². The lowest BCUT2D eigenvalue weighted by Gasteiger charge is -2.21. The maximum Gasteiger partial charge on any atom is 0.412 e. The Bertz CT molecular complexity index is 1370. The van der Waals surface area contributed by atoms with Crippen molar-refractivity contribution in [3.63, 3.8) is 0 Å². The molecule has 3 heterocycles. The second-order valence-electron chi connectivity index (χ2n) is 8.09. The molecule has 1 fully saturated rings. The molecule has 1 atom stereocenters. The number of pyridine rings is 1. The van der Waals surface area contributed by atoms with Crippen LogP contribution in [0.5, 0.6) is 0 Å². The summed E-state index contributed by atoms with van der Waals surface area (Å²) >= 11 is 0. The number of aromatic nitrogens is 5. The molecule has 1 N–H and O–H groups in total. The zero-order valence-electron chi connectivity index (χ0n) is 18.1. The number of nitrogens with one attached hydrogen (secondary N) is 1. The van der Waals surface area contributed by atoms with E-state index in [1.54, 1.807) is 18.2 Å². The van der Waals surface area contributed by atoms with E-state index in [0.717, 1.165) is 19.0 Å². The van der Waals surface area contributed by atoms with Crippen molar-refractivity contribution in [3.05, 3.63) is 89.9 Å². The molecule has 1 aromatic carbocycles. The Morgan fingerprint density at radius 1 is 1.06 bits per heavy atom. The molecule has 0 radical (unpaired) electrons. The lowest BCUT2D eigenvalue weighted by atomic mass is 10.1. The van der Waals surface area contributed by atoms with Gasteiger partial charge >= 0.3 is 6.18 Å². The van der Waals surface area contributed by atoms with Crippen molar-refractivity contribution in [2.75, 3.05) is 0 Å². The van der Waals surface area contributed by atoms with Crippen LogP contribution in [-0.4, -0.2) is 36.8 Å². The summed E-state index contributed by atoms with van der Waals surface area (Å²) in [6.07, 6.45) is 1.80. The first-order chi connectivity index (χ1) is 16.8. The first kappa shape index (κ1) is 22.6. The standard InChI is InChI=1S/C24H18F4N6O/c25-18-6-2-1-5-16(18)19-9-11-30-23(32-19)34-20(14-7-8-14)17(13-31-34)22(35)33-21(24(26,27)28)15-4-3-10-29-12-15/h1-6,9-14,21H,7-8H2,(H,33,35)/t21-/m0/s1. The lowest BCUT2D eigenvalue weighted by molar-refractivity contribution is -0.155. The number of rotatable bonds is 6. The summed E-state index contributed by atoms with van der Waals surface area (Å²) in [7, 11) is 0. The van der Waals surface area contributed by atoms with Gasteiger partial charge in [0.25, 0.3) is 11.9 Å². The minimum atomic E-state index is -4.73. The van der Waals surface area contributed by atoms with Gasteiger partial charge in [-0.3, -0.25) is 9.78 Å². The number of amides is 1. The number of hydrogen-bond acceptors (Lipinski definition) is 5. The Morgan fingerprint density at radius 3 is 2.54 bits per heavy atom. The van der Waals surface area contributed by atoms with Gasteiger partial charge in [0, 0.05) is 35.6 Å². The quantitative estimate of drug-likeness (QED) is 0.400. The zero-order valence-corrected chi connectivity index (χ0v) is 18.1. The molecule has 7 nitrogen and oxygen atoms in total. The third-order valence-corrected chi connectivity index (χ3v) is 5.62. The predicted octanol–water partition coefficient (Wildman–Crippen LogP) is 4.77. The topological polar surface area (TPSA) is 85.6 Å². The van der Waals surface area contributed by atoms with Crippen molar-refractivity contribution in [2.45, 2.75) is 31.0 Å². The first-order valence-corrected chi connectivity index (χ1v) is 10.8. The molecule has 0 saturated heterocycles. The molecule has 1 aliphatic rings. The summed E-state index contributed by atoms with van der Waals surface area (Å²) in [6, 6.07) is 8.03. The smallest absolute Gasteiger partial charge is 0.337 e. The monoisotopic (exact) mass is 482 g/mol. The zero-order chi connectivity index (χ0) is 24.6. The van der Waals surface area contributed by atoms with Crippen LogP contribution in [0.15, 0.2) is 67.3 Å². The first-order valence-electron chi connectivity index (χ1n) is 10.8. The average Bonchev–Trinajstić information content (AvgIpc) is 3.60. The molecule has 0 aliphatic heterocycles. The minimum Gasteiger partial charge on any atom is -0.337 e. The summed E-state index contributed by atoms with van der Waals surface area (Å²) in [4.78, 5) is 25.4. The molecule has 1 aliphatic carbocycles. The fourth-order valence-electron chi connectivity index (χ4n) is 3.82. The van der Waals surface area contributed by atoms with Gasteiger partial charge in [-0.25, -0.2) is 19.0 Å². The molecular formula is C24H18F4N6O. The molecule has 3 aromatic heterocycles. The predicted molar refractivity (Wildman–Crippen MR) is 117 cm³/mol. The Kier molecular flexibility index (Phi) is 5.75. The van der Waals surface area contributed by atoms with Gasteiger partial charge < -0.3 is 5.32 Å². The Labute approximate surface area is 196 Å². The van der Waals surface area contributed by atoms with E-state index in [1.165, 1.54) is 47.5 Å². The molecule has 178 valence electrons. The van der Waals surface area contributed by atoms with Crippen LogP contribution in [-0.2, 0) is 0 Å². The largest absolute Gasteiger partial charge is 0.412 e. The van der Waals surface area contributed by atoms with E-state index in [9.17, 15) is 22.4 Å². The fourth-order valence-corrected chi connectivity index (χ4v) is 3.82. The van der Waals surface area contributed by atoms with E-state index >= 15 is 0 Å². The molecule has 1 saturated carbocycles. The Balaban J connectivity index is 1.50. The fraction of sp³-hybridized carbons (Fsp3) is 0.208. The highest BCUT2D eigenvalue weighted by Crippen LogP contribution is 2.42. The molecule has 1 amide bonds. The highest BCUT2D eigenvalue weighted by Gasteiger charge is 2.43. The number of carbonyl (C=O) groups is 1. The average molecular weight is 482 g/mol. The van der Waals surface area contributed by atoms with Gasteiger partial charge in [0.15, 0.2) is 6.04 Å². The highest BCUT2D eigenvalue weighted by atomic mass is 19.4. The van der Waals surface area contributed by atoms with Crippen molar-refractivity contribution in [3.8, 4) is 17.2 Å². The third-order valence-electron chi connectivity index (χ3n) is 5.62. The molecule has 11 heteroatoms. The maximum atomic E-state index is 14.3. The molecule has 0 bridgehead atoms. The van der Waals surface area contributed by atoms with Gasteiger partial charge in [-0.15, -0.1) is 0 Å². The summed E-state index contributed by atoms with van der Waals surface area (Å²) < 4.78 is 56.8. The van der Waals surface area contributed by atoms with Crippen molar-refractivity contribution >= 4 is 5.91 Å². The van der Waals surface area contributed by atoms with E-state index in [-0.39, 0.29) is 28.6 Å². The molecule has 4 aromatic rings.